The maximum atomic E-state index is 14.0. The van der Waals surface area contributed by atoms with Gasteiger partial charge in [-0.2, -0.15) is 0 Å². The van der Waals surface area contributed by atoms with Crippen LogP contribution in [0.15, 0.2) is 12.2 Å². The predicted molar refractivity (Wildman–Crippen MR) is 118 cm³/mol. The van der Waals surface area contributed by atoms with Crippen molar-refractivity contribution in [3.8, 4) is 0 Å². The molecule has 4 aliphatic carbocycles. The number of carbonyl (C=O) groups excluding carboxylic acids is 1. The molecule has 1 N–H and O–H groups in total. The zero-order valence-corrected chi connectivity index (χ0v) is 19.6. The zero-order valence-electron chi connectivity index (χ0n) is 19.6. The van der Waals surface area contributed by atoms with Gasteiger partial charge in [0.25, 0.3) is 0 Å². The summed E-state index contributed by atoms with van der Waals surface area (Å²) in [7, 11) is 0. The van der Waals surface area contributed by atoms with E-state index in [1.54, 1.807) is 0 Å². The Hall–Kier alpha value is -0.710. The summed E-state index contributed by atoms with van der Waals surface area (Å²) in [4.78, 5) is 14.0. The van der Waals surface area contributed by atoms with E-state index in [9.17, 15) is 9.90 Å². The van der Waals surface area contributed by atoms with Gasteiger partial charge >= 0.3 is 0 Å². The molecule has 0 amide bonds. The summed E-state index contributed by atoms with van der Waals surface area (Å²) in [6.45, 7) is 11.7. The first-order chi connectivity index (χ1) is 14.7. The Labute approximate surface area is 187 Å². The molecule has 0 unspecified atom stereocenters. The van der Waals surface area contributed by atoms with Crippen LogP contribution in [0.1, 0.15) is 78.6 Å². The minimum absolute atomic E-state index is 0.137. The van der Waals surface area contributed by atoms with Crippen LogP contribution in [-0.2, 0) is 14.3 Å². The molecule has 4 heteroatoms. The van der Waals surface area contributed by atoms with E-state index in [0.717, 1.165) is 50.5 Å². The number of Topliss-reactive ketones (excluding diaryl/α,β-unsaturated/α-hetero) is 1. The highest BCUT2D eigenvalue weighted by molar-refractivity contribution is 5.87. The Morgan fingerprint density at radius 2 is 1.90 bits per heavy atom. The zero-order chi connectivity index (χ0) is 21.8. The summed E-state index contributed by atoms with van der Waals surface area (Å²) in [5.74, 6) is 2.64. The first kappa shape index (κ1) is 20.9. The van der Waals surface area contributed by atoms with Gasteiger partial charge < -0.3 is 14.6 Å². The lowest BCUT2D eigenvalue weighted by molar-refractivity contribution is -0.255. The molecule has 11 atom stereocenters. The van der Waals surface area contributed by atoms with Gasteiger partial charge in [-0.1, -0.05) is 32.9 Å². The van der Waals surface area contributed by atoms with Crippen LogP contribution in [0.2, 0.25) is 0 Å². The number of aliphatic hydroxyl groups excluding tert-OH is 1. The summed E-state index contributed by atoms with van der Waals surface area (Å²) in [5, 5.41) is 10.3. The molecule has 4 saturated carbocycles. The molecule has 0 aromatic carbocycles. The third-order valence-corrected chi connectivity index (χ3v) is 11.5. The molecule has 6 aliphatic rings. The molecule has 4 nitrogen and oxygen atoms in total. The minimum Gasteiger partial charge on any atom is -0.393 e. The van der Waals surface area contributed by atoms with Crippen LogP contribution in [0.4, 0.5) is 0 Å². The lowest BCUT2D eigenvalue weighted by atomic mass is 9.44. The summed E-state index contributed by atoms with van der Waals surface area (Å²) >= 11 is 0. The van der Waals surface area contributed by atoms with Crippen LogP contribution in [0, 0.1) is 46.3 Å². The Morgan fingerprint density at radius 3 is 2.65 bits per heavy atom. The highest BCUT2D eigenvalue weighted by Crippen LogP contribution is 2.70. The highest BCUT2D eigenvalue weighted by Gasteiger charge is 2.71. The molecule has 0 aromatic rings. The van der Waals surface area contributed by atoms with Crippen molar-refractivity contribution in [3.63, 3.8) is 0 Å². The summed E-state index contributed by atoms with van der Waals surface area (Å²) in [6.07, 6.45) is 8.98. The van der Waals surface area contributed by atoms with E-state index < -0.39 is 5.79 Å². The van der Waals surface area contributed by atoms with Crippen molar-refractivity contribution in [2.45, 2.75) is 96.6 Å². The normalized spacial score (nSPS) is 58.6. The lowest BCUT2D eigenvalue weighted by Gasteiger charge is -2.60. The van der Waals surface area contributed by atoms with Gasteiger partial charge in [0.2, 0.25) is 0 Å². The molecule has 6 rings (SSSR count). The SMILES string of the molecule is C=C1CC[C@@]2(OC1)O[C@H]1C[C@H]3[C@@H]4CC[C@@H]5C[C@@H](O)CC[C@]5(C)[C@H]4CC(=O)[C@]3(C)[C@H]1[C@@H]2C. The third-order valence-electron chi connectivity index (χ3n) is 11.5. The van der Waals surface area contributed by atoms with Crippen molar-refractivity contribution in [2.24, 2.45) is 46.3 Å². The molecular formula is C27H40O4. The molecule has 31 heavy (non-hydrogen) atoms. The maximum absolute atomic E-state index is 14.0. The van der Waals surface area contributed by atoms with Crippen LogP contribution < -0.4 is 0 Å². The Bertz CT molecular complexity index is 795. The second-order valence-corrected chi connectivity index (χ2v) is 12.6. The van der Waals surface area contributed by atoms with Gasteiger partial charge in [0.15, 0.2) is 5.79 Å². The minimum atomic E-state index is -0.509. The molecule has 2 heterocycles. The van der Waals surface area contributed by atoms with Crippen molar-refractivity contribution < 1.29 is 19.4 Å². The highest BCUT2D eigenvalue weighted by atomic mass is 16.7. The third kappa shape index (κ3) is 2.62. The molecular weight excluding hydrogens is 388 g/mol. The second-order valence-electron chi connectivity index (χ2n) is 12.6. The van der Waals surface area contributed by atoms with Gasteiger partial charge in [-0.15, -0.1) is 0 Å². The number of fused-ring (bicyclic) bond motifs is 7. The van der Waals surface area contributed by atoms with Crippen LogP contribution in [0.25, 0.3) is 0 Å². The number of aliphatic hydroxyl groups is 1. The Balaban J connectivity index is 1.31. The van der Waals surface area contributed by atoms with Crippen molar-refractivity contribution in [1.29, 1.82) is 0 Å². The van der Waals surface area contributed by atoms with Crippen molar-refractivity contribution in [2.75, 3.05) is 6.61 Å². The fourth-order valence-electron chi connectivity index (χ4n) is 9.76. The number of rotatable bonds is 0. The molecule has 172 valence electrons. The number of carbonyl (C=O) groups is 1. The monoisotopic (exact) mass is 428 g/mol. The van der Waals surface area contributed by atoms with Gasteiger partial charge in [0.05, 0.1) is 18.8 Å². The molecule has 1 spiro atoms. The lowest BCUT2D eigenvalue weighted by Crippen LogP contribution is -2.58. The molecule has 0 radical (unpaired) electrons. The maximum Gasteiger partial charge on any atom is 0.172 e. The molecule has 2 aliphatic heterocycles. The van der Waals surface area contributed by atoms with E-state index in [1.807, 2.05) is 0 Å². The van der Waals surface area contributed by atoms with Gasteiger partial charge in [-0.25, -0.2) is 0 Å². The number of ketones is 1. The van der Waals surface area contributed by atoms with Gasteiger partial charge in [0.1, 0.15) is 5.78 Å². The number of hydrogen-bond acceptors (Lipinski definition) is 4. The van der Waals surface area contributed by atoms with Crippen LogP contribution in [0.3, 0.4) is 0 Å². The summed E-state index contributed by atoms with van der Waals surface area (Å²) < 4.78 is 13.1. The van der Waals surface area contributed by atoms with Crippen LogP contribution in [-0.4, -0.2) is 35.5 Å². The van der Waals surface area contributed by atoms with Crippen molar-refractivity contribution in [1.82, 2.24) is 0 Å². The fourth-order valence-corrected chi connectivity index (χ4v) is 9.76. The van der Waals surface area contributed by atoms with Gasteiger partial charge in [-0.05, 0) is 74.0 Å². The summed E-state index contributed by atoms with van der Waals surface area (Å²) in [5.41, 5.74) is 1.10. The number of ether oxygens (including phenoxy) is 2. The standard InChI is InChI=1S/C27H40O4/c1-15-7-10-27(30-14-15)16(2)24-22(31-27)12-21-19-6-5-17-11-18(28)8-9-25(17,3)20(19)13-23(29)26(21,24)4/h16-22,24,28H,1,5-14H2,2-4H3/t16-,17+,18-,19+,20-,21-,22-,24-,25-,26+,27+/m0/s1. The van der Waals surface area contributed by atoms with Crippen molar-refractivity contribution >= 4 is 5.78 Å². The molecule has 0 bridgehead atoms. The molecule has 6 fully saturated rings. The summed E-state index contributed by atoms with van der Waals surface area (Å²) in [6, 6.07) is 0. The molecule has 0 aromatic heterocycles. The molecule has 2 saturated heterocycles. The predicted octanol–water partition coefficient (Wildman–Crippen LogP) is 4.89. The average Bonchev–Trinajstić information content (AvgIpc) is 3.18. The van der Waals surface area contributed by atoms with E-state index in [1.165, 1.54) is 12.8 Å². The van der Waals surface area contributed by atoms with E-state index in [0.29, 0.717) is 36.1 Å². The fraction of sp³-hybridized carbons (Fsp3) is 0.889. The Kier molecular flexibility index (Phi) is 4.49. The van der Waals surface area contributed by atoms with Crippen LogP contribution in [0.5, 0.6) is 0 Å². The van der Waals surface area contributed by atoms with Crippen molar-refractivity contribution in [3.05, 3.63) is 12.2 Å². The second kappa shape index (κ2) is 6.67. The smallest absolute Gasteiger partial charge is 0.172 e. The van der Waals surface area contributed by atoms with E-state index in [4.69, 9.17) is 9.47 Å². The average molecular weight is 429 g/mol. The van der Waals surface area contributed by atoms with E-state index >= 15 is 0 Å². The van der Waals surface area contributed by atoms with E-state index in [-0.39, 0.29) is 34.9 Å². The Morgan fingerprint density at radius 1 is 1.10 bits per heavy atom. The quantitative estimate of drug-likeness (QED) is 0.558. The largest absolute Gasteiger partial charge is 0.393 e. The van der Waals surface area contributed by atoms with Gasteiger partial charge in [0, 0.05) is 30.1 Å². The first-order valence-corrected chi connectivity index (χ1v) is 12.9. The van der Waals surface area contributed by atoms with Gasteiger partial charge in [-0.3, -0.25) is 4.79 Å². The van der Waals surface area contributed by atoms with E-state index in [2.05, 4.69) is 27.4 Å². The first-order valence-electron chi connectivity index (χ1n) is 12.9. The topological polar surface area (TPSA) is 55.8 Å². The number of hydrogen-bond donors (Lipinski definition) is 1. The van der Waals surface area contributed by atoms with Crippen LogP contribution >= 0.6 is 0 Å².